The molecule has 6 nitrogen and oxygen atoms in total. The molecule has 0 amide bonds. The summed E-state index contributed by atoms with van der Waals surface area (Å²) in [6, 6.07) is 19.8. The monoisotopic (exact) mass is 441 g/mol. The van der Waals surface area contributed by atoms with Gasteiger partial charge in [-0.1, -0.05) is 42.5 Å². The number of nitrogens with zero attached hydrogens (tertiary/aromatic N) is 1. The fourth-order valence-corrected chi connectivity index (χ4v) is 4.46. The van der Waals surface area contributed by atoms with E-state index >= 15 is 0 Å². The minimum Gasteiger partial charge on any atom is -0.491 e. The highest BCUT2D eigenvalue weighted by molar-refractivity contribution is 7.89. The largest absolute Gasteiger partial charge is 0.491 e. The Morgan fingerprint density at radius 2 is 1.71 bits per heavy atom. The fraction of sp³-hybridized carbons (Fsp3) is 0.292. The first kappa shape index (κ1) is 22.9. The molecule has 0 aliphatic rings. The van der Waals surface area contributed by atoms with E-state index in [1.807, 2.05) is 36.4 Å². The summed E-state index contributed by atoms with van der Waals surface area (Å²) in [5.74, 6) is 0.719. The number of carbonyl (C=O) groups excluding carboxylic acids is 1. The number of sulfonamides is 1. The minimum absolute atomic E-state index is 0.0373. The van der Waals surface area contributed by atoms with Crippen molar-refractivity contribution in [2.75, 3.05) is 20.2 Å². The molecule has 3 aromatic carbocycles. The molecule has 1 unspecified atom stereocenters. The number of aryl methyl sites for hydroxylation is 1. The molecular weight excluding hydrogens is 414 g/mol. The number of aliphatic hydroxyl groups is 1. The van der Waals surface area contributed by atoms with E-state index in [9.17, 15) is 18.3 Å². The smallest absolute Gasteiger partial charge is 0.242 e. The van der Waals surface area contributed by atoms with Gasteiger partial charge in [-0.2, -0.15) is 4.31 Å². The molecule has 0 aromatic heterocycles. The van der Waals surface area contributed by atoms with Gasteiger partial charge in [-0.05, 0) is 53.9 Å². The lowest BCUT2D eigenvalue weighted by atomic mass is 10.1. The number of ketones is 1. The molecular formula is C24H27NO5S. The van der Waals surface area contributed by atoms with Crippen LogP contribution in [0.25, 0.3) is 10.8 Å². The SMILES string of the molecule is CC(=O)CCc1ccc(OCC(O)CN(C)S(=O)(=O)c2ccc3ccccc3c2)cc1. The van der Waals surface area contributed by atoms with Crippen LogP contribution in [0.5, 0.6) is 5.75 Å². The van der Waals surface area contributed by atoms with E-state index < -0.39 is 16.1 Å². The van der Waals surface area contributed by atoms with E-state index in [1.54, 1.807) is 37.3 Å². The maximum absolute atomic E-state index is 12.9. The average molecular weight is 442 g/mol. The number of likely N-dealkylation sites (N-methyl/N-ethyl adjacent to an activating group) is 1. The highest BCUT2D eigenvalue weighted by Gasteiger charge is 2.23. The number of aliphatic hydroxyl groups excluding tert-OH is 1. The Hall–Kier alpha value is -2.74. The number of benzene rings is 3. The van der Waals surface area contributed by atoms with Gasteiger partial charge in [0.2, 0.25) is 10.0 Å². The van der Waals surface area contributed by atoms with Crippen LogP contribution in [0.3, 0.4) is 0 Å². The number of fused-ring (bicyclic) bond motifs is 1. The van der Waals surface area contributed by atoms with Crippen LogP contribution in [0.15, 0.2) is 71.6 Å². The second-order valence-electron chi connectivity index (χ2n) is 7.61. The Morgan fingerprint density at radius 1 is 1.03 bits per heavy atom. The van der Waals surface area contributed by atoms with Crippen molar-refractivity contribution in [1.82, 2.24) is 4.31 Å². The van der Waals surface area contributed by atoms with E-state index in [2.05, 4.69) is 0 Å². The first-order valence-corrected chi connectivity index (χ1v) is 11.5. The van der Waals surface area contributed by atoms with Gasteiger partial charge in [0.15, 0.2) is 0 Å². The van der Waals surface area contributed by atoms with Crippen molar-refractivity contribution < 1.29 is 23.1 Å². The van der Waals surface area contributed by atoms with Crippen molar-refractivity contribution in [1.29, 1.82) is 0 Å². The first-order chi connectivity index (χ1) is 14.8. The molecule has 0 saturated carbocycles. The molecule has 0 heterocycles. The summed E-state index contributed by atoms with van der Waals surface area (Å²) in [6.07, 6.45) is 0.185. The summed E-state index contributed by atoms with van der Waals surface area (Å²) in [5, 5.41) is 12.1. The molecule has 3 aromatic rings. The molecule has 1 atom stereocenters. The Labute approximate surface area is 183 Å². The molecule has 0 aliphatic carbocycles. The maximum atomic E-state index is 12.9. The normalized spacial score (nSPS) is 12.8. The Bertz CT molecular complexity index is 1140. The van der Waals surface area contributed by atoms with Gasteiger partial charge in [0.1, 0.15) is 24.2 Å². The summed E-state index contributed by atoms with van der Waals surface area (Å²) in [4.78, 5) is 11.3. The lowest BCUT2D eigenvalue weighted by Gasteiger charge is -2.21. The van der Waals surface area contributed by atoms with Gasteiger partial charge in [-0.15, -0.1) is 0 Å². The lowest BCUT2D eigenvalue weighted by molar-refractivity contribution is -0.116. The van der Waals surface area contributed by atoms with Crippen molar-refractivity contribution in [2.24, 2.45) is 0 Å². The summed E-state index contributed by atoms with van der Waals surface area (Å²) >= 11 is 0. The molecule has 1 N–H and O–H groups in total. The predicted molar refractivity (Wildman–Crippen MR) is 121 cm³/mol. The van der Waals surface area contributed by atoms with E-state index in [-0.39, 0.29) is 23.8 Å². The van der Waals surface area contributed by atoms with Gasteiger partial charge in [0.05, 0.1) is 4.90 Å². The van der Waals surface area contributed by atoms with Crippen molar-refractivity contribution in [2.45, 2.75) is 30.8 Å². The Kier molecular flexibility index (Phi) is 7.43. The van der Waals surface area contributed by atoms with Crippen LogP contribution in [0.4, 0.5) is 0 Å². The van der Waals surface area contributed by atoms with Gasteiger partial charge >= 0.3 is 0 Å². The van der Waals surface area contributed by atoms with E-state index in [0.29, 0.717) is 18.6 Å². The number of rotatable bonds is 10. The van der Waals surface area contributed by atoms with Gasteiger partial charge in [0, 0.05) is 20.0 Å². The van der Waals surface area contributed by atoms with Crippen LogP contribution < -0.4 is 4.74 Å². The summed E-state index contributed by atoms with van der Waals surface area (Å²) < 4.78 is 32.5. The average Bonchev–Trinajstić information content (AvgIpc) is 2.76. The molecule has 0 radical (unpaired) electrons. The quantitative estimate of drug-likeness (QED) is 0.521. The minimum atomic E-state index is -3.74. The predicted octanol–water partition coefficient (Wildman–Crippen LogP) is 3.42. The standard InChI is InChI=1S/C24H27NO5S/c1-18(26)7-8-19-9-12-23(13-10-19)30-17-22(27)16-25(2)31(28,29)24-14-11-20-5-3-4-6-21(20)15-24/h3-6,9-15,22,27H,7-8,16-17H2,1-2H3. The fourth-order valence-electron chi connectivity index (χ4n) is 3.22. The van der Waals surface area contributed by atoms with Crippen molar-refractivity contribution in [3.05, 3.63) is 72.3 Å². The van der Waals surface area contributed by atoms with Crippen LogP contribution in [-0.2, 0) is 21.2 Å². The summed E-state index contributed by atoms with van der Waals surface area (Å²) in [6.45, 7) is 1.44. The third kappa shape index (κ3) is 6.13. The summed E-state index contributed by atoms with van der Waals surface area (Å²) in [5.41, 5.74) is 1.03. The number of Topliss-reactive ketones (excluding diaryl/α,β-unsaturated/α-hetero) is 1. The second kappa shape index (κ2) is 10.0. The molecule has 0 aliphatic heterocycles. The van der Waals surface area contributed by atoms with Gasteiger partial charge in [-0.3, -0.25) is 0 Å². The van der Waals surface area contributed by atoms with Crippen molar-refractivity contribution >= 4 is 26.6 Å². The van der Waals surface area contributed by atoms with Crippen LogP contribution in [-0.4, -0.2) is 49.9 Å². The molecule has 0 bridgehead atoms. The highest BCUT2D eigenvalue weighted by Crippen LogP contribution is 2.21. The molecule has 0 fully saturated rings. The zero-order valence-corrected chi connectivity index (χ0v) is 18.5. The zero-order chi connectivity index (χ0) is 22.4. The molecule has 7 heteroatoms. The zero-order valence-electron chi connectivity index (χ0n) is 17.7. The Balaban J connectivity index is 1.56. The van der Waals surface area contributed by atoms with Crippen LogP contribution >= 0.6 is 0 Å². The molecule has 0 saturated heterocycles. The topological polar surface area (TPSA) is 83.9 Å². The van der Waals surface area contributed by atoms with Crippen LogP contribution in [0.1, 0.15) is 18.9 Å². The van der Waals surface area contributed by atoms with E-state index in [4.69, 9.17) is 4.74 Å². The van der Waals surface area contributed by atoms with Crippen molar-refractivity contribution in [3.63, 3.8) is 0 Å². The highest BCUT2D eigenvalue weighted by atomic mass is 32.2. The van der Waals surface area contributed by atoms with Gasteiger partial charge in [0.25, 0.3) is 0 Å². The van der Waals surface area contributed by atoms with Crippen LogP contribution in [0, 0.1) is 0 Å². The number of hydrogen-bond donors (Lipinski definition) is 1. The number of ether oxygens (including phenoxy) is 1. The number of carbonyl (C=O) groups is 1. The summed E-state index contributed by atoms with van der Waals surface area (Å²) in [7, 11) is -2.30. The lowest BCUT2D eigenvalue weighted by Crippen LogP contribution is -2.37. The third-order valence-electron chi connectivity index (χ3n) is 5.03. The maximum Gasteiger partial charge on any atom is 0.242 e. The molecule has 3 rings (SSSR count). The molecule has 164 valence electrons. The van der Waals surface area contributed by atoms with Crippen LogP contribution in [0.2, 0.25) is 0 Å². The molecule has 31 heavy (non-hydrogen) atoms. The van der Waals surface area contributed by atoms with Crippen molar-refractivity contribution in [3.8, 4) is 5.75 Å². The van der Waals surface area contributed by atoms with E-state index in [0.717, 1.165) is 20.6 Å². The first-order valence-electron chi connectivity index (χ1n) is 10.1. The van der Waals surface area contributed by atoms with Gasteiger partial charge < -0.3 is 14.6 Å². The Morgan fingerprint density at radius 3 is 2.39 bits per heavy atom. The van der Waals surface area contributed by atoms with Gasteiger partial charge in [-0.25, -0.2) is 8.42 Å². The second-order valence-corrected chi connectivity index (χ2v) is 9.65. The molecule has 0 spiro atoms. The number of hydrogen-bond acceptors (Lipinski definition) is 5. The van der Waals surface area contributed by atoms with E-state index in [1.165, 1.54) is 7.05 Å². The third-order valence-corrected chi connectivity index (χ3v) is 6.85.